The van der Waals surface area contributed by atoms with Gasteiger partial charge in [-0.05, 0) is 50.4 Å². The van der Waals surface area contributed by atoms with Gasteiger partial charge >= 0.3 is 0 Å². The summed E-state index contributed by atoms with van der Waals surface area (Å²) in [6.45, 7) is 6.01. The third kappa shape index (κ3) is 8.41. The Morgan fingerprint density at radius 2 is 1.76 bits per heavy atom. The molecule has 6 nitrogen and oxygen atoms in total. The number of benzene rings is 1. The van der Waals surface area contributed by atoms with Crippen LogP contribution in [-0.2, 0) is 9.59 Å². The molecule has 2 N–H and O–H groups in total. The lowest BCUT2D eigenvalue weighted by atomic mass is 10.0. The van der Waals surface area contributed by atoms with Gasteiger partial charge < -0.3 is 20.4 Å². The average Bonchev–Trinajstić information content (AvgIpc) is 3.24. The molecule has 2 heterocycles. The summed E-state index contributed by atoms with van der Waals surface area (Å²) in [5.74, 6) is 0.965. The van der Waals surface area contributed by atoms with Crippen molar-refractivity contribution in [3.8, 4) is 0 Å². The van der Waals surface area contributed by atoms with E-state index < -0.39 is 0 Å². The van der Waals surface area contributed by atoms with E-state index in [0.717, 1.165) is 45.7 Å². The fourth-order valence-electron chi connectivity index (χ4n) is 3.86. The van der Waals surface area contributed by atoms with E-state index in [1.54, 1.807) is 0 Å². The Kier molecular flexibility index (Phi) is 12.0. The first kappa shape index (κ1) is 25.5. The van der Waals surface area contributed by atoms with Crippen LogP contribution in [0.1, 0.15) is 32.1 Å². The standard InChI is InChI=1S/C21H32N4O2.2ClH/c26-20(9-8-18-10-12-22-17-18)23-11-4-7-21(27)25-15-13-24(14-16-25)19-5-2-1-3-6-19;;/h1-3,5-6,18,22H,4,7-17H2,(H,23,26);2*1H. The Bertz CT molecular complexity index is 604. The molecule has 0 bridgehead atoms. The van der Waals surface area contributed by atoms with Crippen LogP contribution >= 0.6 is 24.8 Å². The molecule has 0 radical (unpaired) electrons. The zero-order valence-corrected chi connectivity index (χ0v) is 18.6. The first-order chi connectivity index (χ1) is 13.2. The molecule has 3 rings (SSSR count). The maximum Gasteiger partial charge on any atom is 0.222 e. The van der Waals surface area contributed by atoms with E-state index in [1.165, 1.54) is 12.1 Å². The number of hydrogen-bond acceptors (Lipinski definition) is 4. The molecule has 2 aliphatic rings. The summed E-state index contributed by atoms with van der Waals surface area (Å²) < 4.78 is 0. The Morgan fingerprint density at radius 3 is 2.41 bits per heavy atom. The van der Waals surface area contributed by atoms with Crippen LogP contribution in [0.25, 0.3) is 0 Å². The van der Waals surface area contributed by atoms with E-state index >= 15 is 0 Å². The Morgan fingerprint density at radius 1 is 1.03 bits per heavy atom. The number of amides is 2. The summed E-state index contributed by atoms with van der Waals surface area (Å²) in [6.07, 6.45) is 3.97. The molecule has 8 heteroatoms. The maximum absolute atomic E-state index is 12.4. The molecule has 0 spiro atoms. The second kappa shape index (κ2) is 13.7. The molecule has 0 aromatic heterocycles. The minimum absolute atomic E-state index is 0. The predicted octanol–water partition coefficient (Wildman–Crippen LogP) is 2.46. The molecule has 164 valence electrons. The van der Waals surface area contributed by atoms with Crippen LogP contribution in [0.5, 0.6) is 0 Å². The van der Waals surface area contributed by atoms with Gasteiger partial charge in [-0.3, -0.25) is 9.59 Å². The van der Waals surface area contributed by atoms with Gasteiger partial charge in [0.25, 0.3) is 0 Å². The van der Waals surface area contributed by atoms with Gasteiger partial charge in [-0.1, -0.05) is 18.2 Å². The molecule has 1 aromatic carbocycles. The van der Waals surface area contributed by atoms with Gasteiger partial charge in [-0.15, -0.1) is 24.8 Å². The van der Waals surface area contributed by atoms with Crippen LogP contribution < -0.4 is 15.5 Å². The molecule has 1 unspecified atom stereocenters. The average molecular weight is 445 g/mol. The first-order valence-corrected chi connectivity index (χ1v) is 10.3. The fraction of sp³-hybridized carbons (Fsp3) is 0.619. The van der Waals surface area contributed by atoms with Gasteiger partial charge in [0.05, 0.1) is 0 Å². The lowest BCUT2D eigenvalue weighted by Gasteiger charge is -2.36. The Labute approximate surface area is 186 Å². The van der Waals surface area contributed by atoms with Crippen LogP contribution in [0, 0.1) is 5.92 Å². The molecule has 1 aromatic rings. The summed E-state index contributed by atoms with van der Waals surface area (Å²) in [7, 11) is 0. The zero-order valence-electron chi connectivity index (χ0n) is 17.0. The number of halogens is 2. The monoisotopic (exact) mass is 444 g/mol. The van der Waals surface area contributed by atoms with Gasteiger partial charge in [-0.25, -0.2) is 0 Å². The van der Waals surface area contributed by atoms with Crippen molar-refractivity contribution in [2.75, 3.05) is 50.7 Å². The summed E-state index contributed by atoms with van der Waals surface area (Å²) in [5, 5.41) is 6.28. The van der Waals surface area contributed by atoms with Crippen molar-refractivity contribution in [3.05, 3.63) is 30.3 Å². The largest absolute Gasteiger partial charge is 0.368 e. The number of carbonyl (C=O) groups is 2. The highest BCUT2D eigenvalue weighted by atomic mass is 35.5. The third-order valence-corrected chi connectivity index (χ3v) is 5.59. The predicted molar refractivity (Wildman–Crippen MR) is 122 cm³/mol. The molecular formula is C21H34Cl2N4O2. The molecule has 2 amide bonds. The first-order valence-electron chi connectivity index (χ1n) is 10.3. The van der Waals surface area contributed by atoms with Crippen LogP contribution in [0.4, 0.5) is 5.69 Å². The lowest BCUT2D eigenvalue weighted by molar-refractivity contribution is -0.131. The maximum atomic E-state index is 12.4. The van der Waals surface area contributed by atoms with Gasteiger partial charge in [0.15, 0.2) is 0 Å². The number of carbonyl (C=O) groups excluding carboxylic acids is 2. The summed E-state index contributed by atoms with van der Waals surface area (Å²) in [4.78, 5) is 28.5. The van der Waals surface area contributed by atoms with Crippen molar-refractivity contribution in [1.29, 1.82) is 0 Å². The van der Waals surface area contributed by atoms with Crippen molar-refractivity contribution >= 4 is 42.3 Å². The molecule has 29 heavy (non-hydrogen) atoms. The SMILES string of the molecule is Cl.Cl.O=C(CCC1CCNC1)NCCCC(=O)N1CCN(c2ccccc2)CC1. The van der Waals surface area contributed by atoms with Crippen molar-refractivity contribution in [2.45, 2.75) is 32.1 Å². The zero-order chi connectivity index (χ0) is 18.9. The number of piperazine rings is 1. The normalized spacial score (nSPS) is 18.6. The molecule has 2 aliphatic heterocycles. The van der Waals surface area contributed by atoms with E-state index in [-0.39, 0.29) is 36.6 Å². The highest BCUT2D eigenvalue weighted by molar-refractivity contribution is 5.85. The molecule has 0 aliphatic carbocycles. The lowest BCUT2D eigenvalue weighted by Crippen LogP contribution is -2.48. The molecule has 0 saturated carbocycles. The van der Waals surface area contributed by atoms with E-state index in [9.17, 15) is 9.59 Å². The smallest absolute Gasteiger partial charge is 0.222 e. The highest BCUT2D eigenvalue weighted by Crippen LogP contribution is 2.16. The summed E-state index contributed by atoms with van der Waals surface area (Å²) in [6, 6.07) is 10.3. The number of anilines is 1. The highest BCUT2D eigenvalue weighted by Gasteiger charge is 2.21. The fourth-order valence-corrected chi connectivity index (χ4v) is 3.86. The van der Waals surface area contributed by atoms with Crippen LogP contribution in [0.3, 0.4) is 0 Å². The van der Waals surface area contributed by atoms with Crippen LogP contribution in [0.15, 0.2) is 30.3 Å². The molecular weight excluding hydrogens is 411 g/mol. The summed E-state index contributed by atoms with van der Waals surface area (Å²) in [5.41, 5.74) is 1.22. The second-order valence-corrected chi connectivity index (χ2v) is 7.55. The van der Waals surface area contributed by atoms with Gasteiger partial charge in [0.1, 0.15) is 0 Å². The number of para-hydroxylation sites is 1. The van der Waals surface area contributed by atoms with Gasteiger partial charge in [0.2, 0.25) is 11.8 Å². The molecule has 2 fully saturated rings. The quantitative estimate of drug-likeness (QED) is 0.604. The van der Waals surface area contributed by atoms with Gasteiger partial charge in [0, 0.05) is 51.3 Å². The third-order valence-electron chi connectivity index (χ3n) is 5.59. The molecule has 2 saturated heterocycles. The van der Waals surface area contributed by atoms with Crippen molar-refractivity contribution < 1.29 is 9.59 Å². The van der Waals surface area contributed by atoms with Crippen LogP contribution in [-0.4, -0.2) is 62.5 Å². The Balaban J connectivity index is 0.00000210. The topological polar surface area (TPSA) is 64.7 Å². The van der Waals surface area contributed by atoms with Crippen molar-refractivity contribution in [1.82, 2.24) is 15.5 Å². The molecule has 1 atom stereocenters. The van der Waals surface area contributed by atoms with Crippen molar-refractivity contribution in [3.63, 3.8) is 0 Å². The van der Waals surface area contributed by atoms with Crippen LogP contribution in [0.2, 0.25) is 0 Å². The number of nitrogens with one attached hydrogen (secondary N) is 2. The number of nitrogens with zero attached hydrogens (tertiary/aromatic N) is 2. The van der Waals surface area contributed by atoms with E-state index in [1.807, 2.05) is 23.1 Å². The number of hydrogen-bond donors (Lipinski definition) is 2. The minimum atomic E-state index is 0. The summed E-state index contributed by atoms with van der Waals surface area (Å²) >= 11 is 0. The second-order valence-electron chi connectivity index (χ2n) is 7.55. The van der Waals surface area contributed by atoms with Gasteiger partial charge in [-0.2, -0.15) is 0 Å². The van der Waals surface area contributed by atoms with E-state index in [2.05, 4.69) is 27.7 Å². The Hall–Kier alpha value is -1.50. The van der Waals surface area contributed by atoms with E-state index in [4.69, 9.17) is 0 Å². The van der Waals surface area contributed by atoms with Crippen molar-refractivity contribution in [2.24, 2.45) is 5.92 Å². The number of rotatable bonds is 8. The van der Waals surface area contributed by atoms with E-state index in [0.29, 0.717) is 31.7 Å². The minimum Gasteiger partial charge on any atom is -0.368 e.